The Labute approximate surface area is 166 Å². The number of halogens is 4. The molecule has 0 saturated carbocycles. The first-order valence-corrected chi connectivity index (χ1v) is 8.71. The van der Waals surface area contributed by atoms with Crippen LogP contribution in [-0.4, -0.2) is 32.8 Å². The van der Waals surface area contributed by atoms with Gasteiger partial charge in [0.2, 0.25) is 0 Å². The van der Waals surface area contributed by atoms with E-state index in [1.165, 1.54) is 37.7 Å². The number of ether oxygens (including phenoxy) is 1. The third-order valence-corrected chi connectivity index (χ3v) is 4.50. The molecule has 0 unspecified atom stereocenters. The Bertz CT molecular complexity index is 1240. The molecule has 0 aliphatic carbocycles. The van der Waals surface area contributed by atoms with Gasteiger partial charge in [-0.25, -0.2) is 9.37 Å². The van der Waals surface area contributed by atoms with Gasteiger partial charge in [0.15, 0.2) is 17.4 Å². The fourth-order valence-electron chi connectivity index (χ4n) is 3.09. The first-order valence-electron chi connectivity index (χ1n) is 8.71. The van der Waals surface area contributed by atoms with Crippen LogP contribution in [0.2, 0.25) is 0 Å². The Balaban J connectivity index is 1.70. The van der Waals surface area contributed by atoms with Crippen LogP contribution in [0.3, 0.4) is 0 Å². The summed E-state index contributed by atoms with van der Waals surface area (Å²) in [5.74, 6) is -1.22. The van der Waals surface area contributed by atoms with Gasteiger partial charge in [-0.15, -0.1) is 0 Å². The Kier molecular flexibility index (Phi) is 4.86. The number of imidazole rings is 1. The molecule has 0 atom stereocenters. The van der Waals surface area contributed by atoms with E-state index in [9.17, 15) is 22.4 Å². The van der Waals surface area contributed by atoms with E-state index in [0.29, 0.717) is 11.2 Å². The van der Waals surface area contributed by atoms with E-state index in [0.717, 1.165) is 12.1 Å². The number of rotatable bonds is 5. The number of alkyl halides is 3. The number of benzene rings is 1. The summed E-state index contributed by atoms with van der Waals surface area (Å²) in [5.41, 5.74) is -0.689. The van der Waals surface area contributed by atoms with Gasteiger partial charge in [-0.05, 0) is 12.1 Å². The number of nitrogens with one attached hydrogen (secondary N) is 2. The van der Waals surface area contributed by atoms with E-state index in [1.54, 1.807) is 0 Å². The van der Waals surface area contributed by atoms with Crippen LogP contribution in [0.15, 0.2) is 42.7 Å². The number of carbonyl (C=O) groups excluding carboxylic acids is 1. The molecule has 0 spiro atoms. The van der Waals surface area contributed by atoms with E-state index in [2.05, 4.69) is 19.9 Å². The summed E-state index contributed by atoms with van der Waals surface area (Å²) in [6.07, 6.45) is -1.98. The largest absolute Gasteiger partial charge is 0.417 e. The molecule has 6 nitrogen and oxygen atoms in total. The molecule has 3 aromatic heterocycles. The van der Waals surface area contributed by atoms with E-state index in [4.69, 9.17) is 4.74 Å². The number of hydrogen-bond donors (Lipinski definition) is 2. The molecule has 0 amide bonds. The van der Waals surface area contributed by atoms with Gasteiger partial charge >= 0.3 is 6.18 Å². The number of carbonyl (C=O) groups is 1. The van der Waals surface area contributed by atoms with Crippen molar-refractivity contribution >= 4 is 16.8 Å². The summed E-state index contributed by atoms with van der Waals surface area (Å²) in [4.78, 5) is 26.5. The molecule has 4 rings (SSSR count). The lowest BCUT2D eigenvalue weighted by atomic mass is 9.99. The summed E-state index contributed by atoms with van der Waals surface area (Å²) in [6, 6.07) is 5.92. The molecule has 0 fully saturated rings. The highest BCUT2D eigenvalue weighted by Crippen LogP contribution is 2.33. The van der Waals surface area contributed by atoms with Crippen molar-refractivity contribution in [2.75, 3.05) is 7.11 Å². The number of methoxy groups -OCH3 is 1. The van der Waals surface area contributed by atoms with Gasteiger partial charge < -0.3 is 14.7 Å². The number of fused-ring (bicyclic) bond motifs is 1. The maximum absolute atomic E-state index is 14.5. The summed E-state index contributed by atoms with van der Waals surface area (Å²) >= 11 is 0. The van der Waals surface area contributed by atoms with Crippen molar-refractivity contribution in [2.24, 2.45) is 0 Å². The summed E-state index contributed by atoms with van der Waals surface area (Å²) in [5, 5.41) is 0. The van der Waals surface area contributed by atoms with Crippen LogP contribution >= 0.6 is 0 Å². The Hall–Kier alpha value is -3.53. The smallest absolute Gasteiger partial charge is 0.378 e. The standard InChI is InChI=1S/C20H14F4N4O2/c1-30-9-15-16(21)17-14(8-26-15)27-19(28-17)13-6-10(7-25-13)18(29)11-4-2-3-5-12(11)20(22,23)24/h2-8,25H,9H2,1H3,(H,27,28). The SMILES string of the molecule is COCc1ncc2[nH]c(-c3cc(C(=O)c4ccccc4C(F)(F)F)c[nH]3)nc2c1F. The van der Waals surface area contributed by atoms with Gasteiger partial charge in [0.25, 0.3) is 0 Å². The van der Waals surface area contributed by atoms with E-state index < -0.39 is 28.9 Å². The number of nitrogens with zero attached hydrogens (tertiary/aromatic N) is 2. The van der Waals surface area contributed by atoms with Gasteiger partial charge in [-0.1, -0.05) is 18.2 Å². The van der Waals surface area contributed by atoms with Crippen molar-refractivity contribution in [3.63, 3.8) is 0 Å². The predicted octanol–water partition coefficient (Wildman–Crippen LogP) is 4.49. The van der Waals surface area contributed by atoms with Crippen LogP contribution in [0.4, 0.5) is 17.6 Å². The molecule has 0 bridgehead atoms. The molecule has 0 radical (unpaired) electrons. The summed E-state index contributed by atoms with van der Waals surface area (Å²) in [6.45, 7) is -0.0241. The molecule has 154 valence electrons. The lowest BCUT2D eigenvalue weighted by molar-refractivity contribution is -0.137. The van der Waals surface area contributed by atoms with Crippen molar-refractivity contribution in [2.45, 2.75) is 12.8 Å². The van der Waals surface area contributed by atoms with Crippen molar-refractivity contribution in [3.05, 3.63) is 70.9 Å². The van der Waals surface area contributed by atoms with Gasteiger partial charge in [0.05, 0.1) is 29.6 Å². The van der Waals surface area contributed by atoms with Crippen molar-refractivity contribution in [1.82, 2.24) is 19.9 Å². The highest BCUT2D eigenvalue weighted by molar-refractivity contribution is 6.10. The van der Waals surface area contributed by atoms with Crippen LogP contribution in [0, 0.1) is 5.82 Å². The van der Waals surface area contributed by atoms with Crippen LogP contribution < -0.4 is 0 Å². The van der Waals surface area contributed by atoms with Crippen LogP contribution in [0.25, 0.3) is 22.6 Å². The Morgan fingerprint density at radius 2 is 2.00 bits per heavy atom. The second-order valence-corrected chi connectivity index (χ2v) is 6.47. The fourth-order valence-corrected chi connectivity index (χ4v) is 3.09. The second kappa shape index (κ2) is 7.38. The monoisotopic (exact) mass is 418 g/mol. The Morgan fingerprint density at radius 3 is 2.73 bits per heavy atom. The number of ketones is 1. The van der Waals surface area contributed by atoms with Gasteiger partial charge in [-0.3, -0.25) is 9.78 Å². The van der Waals surface area contributed by atoms with E-state index in [1.807, 2.05) is 0 Å². The zero-order valence-corrected chi connectivity index (χ0v) is 15.5. The number of aromatic nitrogens is 4. The molecule has 3 heterocycles. The summed E-state index contributed by atoms with van der Waals surface area (Å²) in [7, 11) is 1.41. The maximum atomic E-state index is 14.5. The first-order chi connectivity index (χ1) is 14.3. The number of pyridine rings is 1. The highest BCUT2D eigenvalue weighted by atomic mass is 19.4. The highest BCUT2D eigenvalue weighted by Gasteiger charge is 2.35. The minimum atomic E-state index is -4.66. The first kappa shape index (κ1) is 19.8. The number of H-pyrrole nitrogens is 2. The fraction of sp³-hybridized carbons (Fsp3) is 0.150. The van der Waals surface area contributed by atoms with Crippen molar-refractivity contribution in [3.8, 4) is 11.5 Å². The van der Waals surface area contributed by atoms with Crippen molar-refractivity contribution in [1.29, 1.82) is 0 Å². The number of aromatic amines is 2. The number of hydrogen-bond acceptors (Lipinski definition) is 4. The van der Waals surface area contributed by atoms with Gasteiger partial charge in [-0.2, -0.15) is 13.2 Å². The topological polar surface area (TPSA) is 83.7 Å². The molecule has 10 heteroatoms. The van der Waals surface area contributed by atoms with Crippen molar-refractivity contribution < 1.29 is 27.1 Å². The van der Waals surface area contributed by atoms with E-state index >= 15 is 0 Å². The predicted molar refractivity (Wildman–Crippen MR) is 99.2 cm³/mol. The molecular formula is C20H14F4N4O2. The lowest BCUT2D eigenvalue weighted by Crippen LogP contribution is -2.13. The molecule has 30 heavy (non-hydrogen) atoms. The quantitative estimate of drug-likeness (QED) is 0.370. The van der Waals surface area contributed by atoms with Gasteiger partial charge in [0.1, 0.15) is 11.2 Å². The lowest BCUT2D eigenvalue weighted by Gasteiger charge is -2.10. The zero-order valence-electron chi connectivity index (χ0n) is 15.5. The van der Waals surface area contributed by atoms with Gasteiger partial charge in [0, 0.05) is 24.4 Å². The molecule has 0 aliphatic rings. The minimum Gasteiger partial charge on any atom is -0.378 e. The maximum Gasteiger partial charge on any atom is 0.417 e. The molecule has 0 aliphatic heterocycles. The van der Waals surface area contributed by atoms with Crippen LogP contribution in [-0.2, 0) is 17.5 Å². The van der Waals surface area contributed by atoms with Crippen LogP contribution in [0.1, 0.15) is 27.2 Å². The van der Waals surface area contributed by atoms with Crippen LogP contribution in [0.5, 0.6) is 0 Å². The third kappa shape index (κ3) is 3.45. The second-order valence-electron chi connectivity index (χ2n) is 6.47. The molecule has 2 N–H and O–H groups in total. The zero-order chi connectivity index (χ0) is 21.5. The van der Waals surface area contributed by atoms with E-state index in [-0.39, 0.29) is 29.2 Å². The Morgan fingerprint density at radius 1 is 1.23 bits per heavy atom. The molecular weight excluding hydrogens is 404 g/mol. The normalized spacial score (nSPS) is 11.9. The molecule has 4 aromatic rings. The third-order valence-electron chi connectivity index (χ3n) is 4.50. The minimum absolute atomic E-state index is 0.0147. The molecule has 1 aromatic carbocycles. The molecule has 0 saturated heterocycles. The summed E-state index contributed by atoms with van der Waals surface area (Å²) < 4.78 is 59.0. The average molecular weight is 418 g/mol. The average Bonchev–Trinajstić information content (AvgIpc) is 3.36.